The van der Waals surface area contributed by atoms with Gasteiger partial charge in [0.1, 0.15) is 0 Å². The molecule has 4 nitrogen and oxygen atoms in total. The van der Waals surface area contributed by atoms with Crippen molar-refractivity contribution in [3.05, 3.63) is 58.3 Å². The van der Waals surface area contributed by atoms with Crippen molar-refractivity contribution in [1.82, 2.24) is 10.2 Å². The van der Waals surface area contributed by atoms with Crippen molar-refractivity contribution in [3.63, 3.8) is 0 Å². The van der Waals surface area contributed by atoms with E-state index in [4.69, 9.17) is 0 Å². The summed E-state index contributed by atoms with van der Waals surface area (Å²) in [6.07, 6.45) is 2.05. The number of nitrogens with zero attached hydrogens (tertiary/aromatic N) is 1. The zero-order chi connectivity index (χ0) is 16.8. The molecule has 0 radical (unpaired) electrons. The van der Waals surface area contributed by atoms with Crippen LogP contribution in [0.5, 0.6) is 0 Å². The van der Waals surface area contributed by atoms with Crippen molar-refractivity contribution in [2.45, 2.75) is 38.0 Å². The minimum Gasteiger partial charge on any atom is -0.387 e. The van der Waals surface area contributed by atoms with Crippen LogP contribution in [0.15, 0.2) is 47.2 Å². The molecule has 0 bridgehead atoms. The zero-order valence-electron chi connectivity index (χ0n) is 13.7. The van der Waals surface area contributed by atoms with E-state index >= 15 is 0 Å². The van der Waals surface area contributed by atoms with Crippen molar-refractivity contribution >= 4 is 17.2 Å². The van der Waals surface area contributed by atoms with Gasteiger partial charge in [-0.3, -0.25) is 4.79 Å². The van der Waals surface area contributed by atoms with E-state index in [1.165, 1.54) is 0 Å². The first-order valence-electron chi connectivity index (χ1n) is 8.47. The molecular weight excluding hydrogens is 320 g/mol. The molecule has 1 aromatic heterocycles. The van der Waals surface area contributed by atoms with E-state index in [2.05, 4.69) is 5.32 Å². The average molecular weight is 344 g/mol. The van der Waals surface area contributed by atoms with Crippen LogP contribution in [-0.4, -0.2) is 35.0 Å². The summed E-state index contributed by atoms with van der Waals surface area (Å²) < 4.78 is 0. The van der Waals surface area contributed by atoms with Gasteiger partial charge in [-0.2, -0.15) is 11.3 Å². The van der Waals surface area contributed by atoms with E-state index in [-0.39, 0.29) is 11.9 Å². The molecule has 0 spiro atoms. The topological polar surface area (TPSA) is 52.6 Å². The molecule has 2 atom stereocenters. The van der Waals surface area contributed by atoms with Crippen molar-refractivity contribution in [2.75, 3.05) is 13.1 Å². The third-order valence-electron chi connectivity index (χ3n) is 4.47. The standard InChI is InChI=1S/C19H24N2O2S/c22-18(16-8-10-24-14-16)13-21(12-15-5-2-1-3-6-15)19(23)11-17-7-4-9-20-17/h1-3,5-6,8,10,14,17-18,20,22H,4,7,9,11-13H2. The molecule has 128 valence electrons. The molecule has 2 unspecified atom stereocenters. The van der Waals surface area contributed by atoms with Crippen LogP contribution in [0.1, 0.15) is 36.5 Å². The average Bonchev–Trinajstić information content (AvgIpc) is 3.29. The zero-order valence-corrected chi connectivity index (χ0v) is 14.5. The van der Waals surface area contributed by atoms with Crippen LogP contribution in [0.25, 0.3) is 0 Å². The fourth-order valence-electron chi connectivity index (χ4n) is 3.11. The van der Waals surface area contributed by atoms with E-state index in [1.807, 2.05) is 47.2 Å². The number of carbonyl (C=O) groups is 1. The Hall–Kier alpha value is -1.69. The van der Waals surface area contributed by atoms with E-state index in [9.17, 15) is 9.90 Å². The first-order chi connectivity index (χ1) is 11.7. The van der Waals surface area contributed by atoms with E-state index in [0.717, 1.165) is 30.5 Å². The maximum atomic E-state index is 12.8. The van der Waals surface area contributed by atoms with Gasteiger partial charge in [0.05, 0.1) is 12.6 Å². The Morgan fingerprint density at radius 1 is 1.33 bits per heavy atom. The van der Waals surface area contributed by atoms with Crippen molar-refractivity contribution in [3.8, 4) is 0 Å². The fraction of sp³-hybridized carbons (Fsp3) is 0.421. The van der Waals surface area contributed by atoms with Crippen LogP contribution in [0.2, 0.25) is 0 Å². The van der Waals surface area contributed by atoms with E-state index in [1.54, 1.807) is 16.2 Å². The maximum absolute atomic E-state index is 12.8. The van der Waals surface area contributed by atoms with Gasteiger partial charge in [-0.05, 0) is 47.3 Å². The minimum absolute atomic E-state index is 0.104. The number of hydrogen-bond donors (Lipinski definition) is 2. The molecule has 2 aromatic rings. The summed E-state index contributed by atoms with van der Waals surface area (Å²) >= 11 is 1.56. The molecule has 5 heteroatoms. The summed E-state index contributed by atoms with van der Waals surface area (Å²) in [5.41, 5.74) is 1.97. The second-order valence-corrected chi connectivity index (χ2v) is 7.11. The number of aliphatic hydroxyl groups excluding tert-OH is 1. The Kier molecular flexibility index (Phi) is 6.01. The summed E-state index contributed by atoms with van der Waals surface area (Å²) in [5.74, 6) is 0.104. The van der Waals surface area contributed by atoms with Crippen molar-refractivity contribution < 1.29 is 9.90 Å². The van der Waals surface area contributed by atoms with Crippen LogP contribution in [0, 0.1) is 0 Å². The lowest BCUT2D eigenvalue weighted by molar-refractivity contribution is -0.133. The number of aliphatic hydroxyl groups is 1. The lowest BCUT2D eigenvalue weighted by Crippen LogP contribution is -2.38. The smallest absolute Gasteiger partial charge is 0.224 e. The fourth-order valence-corrected chi connectivity index (χ4v) is 3.81. The third-order valence-corrected chi connectivity index (χ3v) is 5.18. The van der Waals surface area contributed by atoms with Gasteiger partial charge < -0.3 is 15.3 Å². The number of hydrogen-bond acceptors (Lipinski definition) is 4. The Morgan fingerprint density at radius 3 is 2.83 bits per heavy atom. The maximum Gasteiger partial charge on any atom is 0.224 e. The normalized spacial score (nSPS) is 18.5. The van der Waals surface area contributed by atoms with Gasteiger partial charge in [0, 0.05) is 19.0 Å². The molecule has 1 aromatic carbocycles. The molecule has 1 saturated heterocycles. The number of thiophene rings is 1. The predicted molar refractivity (Wildman–Crippen MR) is 96.8 cm³/mol. The highest BCUT2D eigenvalue weighted by molar-refractivity contribution is 7.07. The number of carbonyl (C=O) groups excluding carboxylic acids is 1. The summed E-state index contributed by atoms with van der Waals surface area (Å²) in [4.78, 5) is 14.6. The van der Waals surface area contributed by atoms with Gasteiger partial charge in [-0.25, -0.2) is 0 Å². The van der Waals surface area contributed by atoms with Crippen molar-refractivity contribution in [2.24, 2.45) is 0 Å². The molecule has 2 N–H and O–H groups in total. The summed E-state index contributed by atoms with van der Waals surface area (Å²) in [5, 5.41) is 17.7. The van der Waals surface area contributed by atoms with Gasteiger partial charge in [0.2, 0.25) is 5.91 Å². The quantitative estimate of drug-likeness (QED) is 0.812. The highest BCUT2D eigenvalue weighted by Gasteiger charge is 2.24. The Labute approximate surface area is 147 Å². The number of amides is 1. The summed E-state index contributed by atoms with van der Waals surface area (Å²) in [7, 11) is 0. The molecule has 0 saturated carbocycles. The SMILES string of the molecule is O=C(CC1CCCN1)N(Cc1ccccc1)CC(O)c1ccsc1. The van der Waals surface area contributed by atoms with Gasteiger partial charge in [0.25, 0.3) is 0 Å². The molecule has 1 fully saturated rings. The first kappa shape index (κ1) is 17.1. The molecule has 24 heavy (non-hydrogen) atoms. The molecule has 2 heterocycles. The Morgan fingerprint density at radius 2 is 2.17 bits per heavy atom. The lowest BCUT2D eigenvalue weighted by atomic mass is 10.1. The van der Waals surface area contributed by atoms with Crippen LogP contribution in [-0.2, 0) is 11.3 Å². The van der Waals surface area contributed by atoms with E-state index in [0.29, 0.717) is 19.5 Å². The van der Waals surface area contributed by atoms with Crippen LogP contribution >= 0.6 is 11.3 Å². The second-order valence-electron chi connectivity index (χ2n) is 6.33. The number of benzene rings is 1. The highest BCUT2D eigenvalue weighted by atomic mass is 32.1. The molecular formula is C19H24N2O2S. The van der Waals surface area contributed by atoms with Gasteiger partial charge in [-0.1, -0.05) is 30.3 Å². The van der Waals surface area contributed by atoms with E-state index < -0.39 is 6.10 Å². The van der Waals surface area contributed by atoms with Crippen LogP contribution in [0.3, 0.4) is 0 Å². The Bertz CT molecular complexity index is 624. The van der Waals surface area contributed by atoms with Gasteiger partial charge >= 0.3 is 0 Å². The predicted octanol–water partition coefficient (Wildman–Crippen LogP) is 2.95. The first-order valence-corrected chi connectivity index (χ1v) is 9.42. The van der Waals surface area contributed by atoms with Gasteiger partial charge in [-0.15, -0.1) is 0 Å². The van der Waals surface area contributed by atoms with Crippen LogP contribution in [0.4, 0.5) is 0 Å². The molecule has 3 rings (SSSR count). The Balaban J connectivity index is 1.68. The molecule has 1 amide bonds. The summed E-state index contributed by atoms with van der Waals surface area (Å²) in [6.45, 7) is 1.86. The molecule has 0 aliphatic carbocycles. The monoisotopic (exact) mass is 344 g/mol. The highest BCUT2D eigenvalue weighted by Crippen LogP contribution is 2.20. The molecule has 1 aliphatic rings. The van der Waals surface area contributed by atoms with Crippen molar-refractivity contribution in [1.29, 1.82) is 0 Å². The minimum atomic E-state index is -0.638. The largest absolute Gasteiger partial charge is 0.387 e. The van der Waals surface area contributed by atoms with Gasteiger partial charge in [0.15, 0.2) is 0 Å². The second kappa shape index (κ2) is 8.42. The van der Waals surface area contributed by atoms with Crippen LogP contribution < -0.4 is 5.32 Å². The lowest BCUT2D eigenvalue weighted by Gasteiger charge is -2.26. The molecule has 1 aliphatic heterocycles. The third kappa shape index (κ3) is 4.66. The summed E-state index contributed by atoms with van der Waals surface area (Å²) in [6, 6.07) is 12.2. The number of rotatable bonds is 7. The number of nitrogens with one attached hydrogen (secondary N) is 1.